The number of aryl methyl sites for hydroxylation is 1. The molecule has 4 nitrogen and oxygen atoms in total. The molecule has 2 N–H and O–H groups in total. The number of nitrogens with zero attached hydrogens (tertiary/aromatic N) is 3. The lowest BCUT2D eigenvalue weighted by atomic mass is 10.1. The number of aromatic nitrogens is 3. The number of hydrogen-bond acceptors (Lipinski definition) is 4. The Hall–Kier alpha value is -1.98. The molecule has 0 aliphatic heterocycles. The first-order valence-electron chi connectivity index (χ1n) is 7.07. The lowest BCUT2D eigenvalue weighted by Gasteiger charge is -2.07. The van der Waals surface area contributed by atoms with Crippen molar-refractivity contribution in [3.8, 4) is 5.69 Å². The van der Waals surface area contributed by atoms with E-state index in [1.54, 1.807) is 11.3 Å². The minimum Gasteiger partial charge on any atom is -0.325 e. The fraction of sp³-hybridized carbons (Fsp3) is 0.250. The molecular weight excluding hydrogens is 280 g/mol. The van der Waals surface area contributed by atoms with E-state index in [4.69, 9.17) is 5.73 Å². The van der Waals surface area contributed by atoms with E-state index in [1.807, 2.05) is 4.68 Å². The van der Waals surface area contributed by atoms with E-state index >= 15 is 0 Å². The van der Waals surface area contributed by atoms with E-state index in [-0.39, 0.29) is 0 Å². The second-order valence-corrected chi connectivity index (χ2v) is 5.91. The third-order valence-corrected chi connectivity index (χ3v) is 4.42. The van der Waals surface area contributed by atoms with Gasteiger partial charge in [0, 0.05) is 17.8 Å². The van der Waals surface area contributed by atoms with Crippen LogP contribution >= 0.6 is 11.3 Å². The molecule has 0 amide bonds. The molecule has 21 heavy (non-hydrogen) atoms. The maximum atomic E-state index is 5.80. The standard InChI is InChI=1S/C16H18N4S/c1-2-12-5-7-13(8-6-12)20-16(15(11-17)18-19-20)10-14-4-3-9-21-14/h3-9H,2,10-11,17H2,1H3. The molecule has 5 heteroatoms. The van der Waals surface area contributed by atoms with Gasteiger partial charge in [-0.1, -0.05) is 30.3 Å². The van der Waals surface area contributed by atoms with Crippen molar-refractivity contribution < 1.29 is 0 Å². The van der Waals surface area contributed by atoms with Gasteiger partial charge in [-0.2, -0.15) is 0 Å². The zero-order chi connectivity index (χ0) is 14.7. The molecular formula is C16H18N4S. The number of nitrogens with two attached hydrogens (primary N) is 1. The zero-order valence-corrected chi connectivity index (χ0v) is 12.8. The van der Waals surface area contributed by atoms with Gasteiger partial charge in [0.2, 0.25) is 0 Å². The molecule has 0 aliphatic rings. The predicted octanol–water partition coefficient (Wildman–Crippen LogP) is 2.94. The number of benzene rings is 1. The van der Waals surface area contributed by atoms with Crippen LogP contribution in [0, 0.1) is 0 Å². The second kappa shape index (κ2) is 6.20. The Morgan fingerprint density at radius 1 is 1.19 bits per heavy atom. The van der Waals surface area contributed by atoms with Crippen molar-refractivity contribution in [2.75, 3.05) is 0 Å². The van der Waals surface area contributed by atoms with Crippen LogP contribution in [0.3, 0.4) is 0 Å². The summed E-state index contributed by atoms with van der Waals surface area (Å²) in [6.07, 6.45) is 1.85. The van der Waals surface area contributed by atoms with Gasteiger partial charge in [0.05, 0.1) is 11.4 Å². The van der Waals surface area contributed by atoms with E-state index in [2.05, 4.69) is 59.0 Å². The molecule has 2 heterocycles. The number of rotatable bonds is 5. The third-order valence-electron chi connectivity index (χ3n) is 3.55. The second-order valence-electron chi connectivity index (χ2n) is 4.87. The van der Waals surface area contributed by atoms with Crippen LogP contribution in [0.1, 0.15) is 28.8 Å². The quantitative estimate of drug-likeness (QED) is 0.788. The van der Waals surface area contributed by atoms with Crippen molar-refractivity contribution in [2.24, 2.45) is 5.73 Å². The first-order valence-corrected chi connectivity index (χ1v) is 7.95. The molecule has 108 valence electrons. The van der Waals surface area contributed by atoms with Crippen molar-refractivity contribution in [1.82, 2.24) is 15.0 Å². The molecule has 0 saturated carbocycles. The number of hydrogen-bond donors (Lipinski definition) is 1. The molecule has 0 saturated heterocycles. The lowest BCUT2D eigenvalue weighted by Crippen LogP contribution is -2.06. The van der Waals surface area contributed by atoms with Crippen LogP contribution in [0.2, 0.25) is 0 Å². The molecule has 3 rings (SSSR count). The van der Waals surface area contributed by atoms with Crippen molar-refractivity contribution in [1.29, 1.82) is 0 Å². The average Bonchev–Trinajstić information content (AvgIpc) is 3.17. The summed E-state index contributed by atoms with van der Waals surface area (Å²) >= 11 is 1.74. The average molecular weight is 298 g/mol. The van der Waals surface area contributed by atoms with Crippen molar-refractivity contribution in [3.63, 3.8) is 0 Å². The molecule has 0 radical (unpaired) electrons. The molecule has 1 aromatic carbocycles. The van der Waals surface area contributed by atoms with Gasteiger partial charge in [0.1, 0.15) is 5.69 Å². The van der Waals surface area contributed by atoms with Gasteiger partial charge < -0.3 is 5.73 Å². The SMILES string of the molecule is CCc1ccc(-n2nnc(CN)c2Cc2cccs2)cc1. The minimum absolute atomic E-state index is 0.410. The summed E-state index contributed by atoms with van der Waals surface area (Å²) in [5, 5.41) is 10.6. The van der Waals surface area contributed by atoms with Gasteiger partial charge >= 0.3 is 0 Å². The van der Waals surface area contributed by atoms with Crippen LogP contribution in [0.4, 0.5) is 0 Å². The summed E-state index contributed by atoms with van der Waals surface area (Å²) in [5.74, 6) is 0. The van der Waals surface area contributed by atoms with Crippen LogP contribution in [-0.4, -0.2) is 15.0 Å². The van der Waals surface area contributed by atoms with Gasteiger partial charge in [-0.25, -0.2) is 4.68 Å². The Kier molecular flexibility index (Phi) is 4.13. The summed E-state index contributed by atoms with van der Waals surface area (Å²) < 4.78 is 1.90. The van der Waals surface area contributed by atoms with Gasteiger partial charge in [-0.05, 0) is 35.6 Å². The molecule has 0 spiro atoms. The molecule has 2 aromatic heterocycles. The molecule has 0 unspecified atom stereocenters. The van der Waals surface area contributed by atoms with Crippen molar-refractivity contribution in [3.05, 3.63) is 63.6 Å². The van der Waals surface area contributed by atoms with Gasteiger partial charge in [-0.15, -0.1) is 16.4 Å². The summed E-state index contributed by atoms with van der Waals surface area (Å²) in [5.41, 5.74) is 10.1. The van der Waals surface area contributed by atoms with Crippen LogP contribution in [0.25, 0.3) is 5.69 Å². The predicted molar refractivity (Wildman–Crippen MR) is 85.8 cm³/mol. The van der Waals surface area contributed by atoms with Crippen LogP contribution in [0.5, 0.6) is 0 Å². The van der Waals surface area contributed by atoms with Crippen LogP contribution in [0.15, 0.2) is 41.8 Å². The maximum Gasteiger partial charge on any atom is 0.100 e. The van der Waals surface area contributed by atoms with E-state index in [0.717, 1.165) is 29.9 Å². The van der Waals surface area contributed by atoms with Crippen LogP contribution < -0.4 is 5.73 Å². The van der Waals surface area contributed by atoms with E-state index in [0.29, 0.717) is 6.54 Å². The molecule has 0 fully saturated rings. The molecule has 0 atom stereocenters. The first kappa shape index (κ1) is 14.0. The highest BCUT2D eigenvalue weighted by atomic mass is 32.1. The largest absolute Gasteiger partial charge is 0.325 e. The Morgan fingerprint density at radius 3 is 2.62 bits per heavy atom. The fourth-order valence-corrected chi connectivity index (χ4v) is 3.04. The zero-order valence-electron chi connectivity index (χ0n) is 12.0. The Morgan fingerprint density at radius 2 is 2.00 bits per heavy atom. The van der Waals surface area contributed by atoms with E-state index in [1.165, 1.54) is 10.4 Å². The monoisotopic (exact) mass is 298 g/mol. The Bertz CT molecular complexity index is 698. The summed E-state index contributed by atoms with van der Waals surface area (Å²) in [7, 11) is 0. The molecule has 0 bridgehead atoms. The first-order chi connectivity index (χ1) is 10.3. The van der Waals surface area contributed by atoms with E-state index in [9.17, 15) is 0 Å². The summed E-state index contributed by atoms with van der Waals surface area (Å²) in [6, 6.07) is 12.6. The number of thiophene rings is 1. The minimum atomic E-state index is 0.410. The molecule has 3 aromatic rings. The Balaban J connectivity index is 1.99. The van der Waals surface area contributed by atoms with Gasteiger partial charge in [0.25, 0.3) is 0 Å². The Labute approximate surface area is 128 Å². The smallest absolute Gasteiger partial charge is 0.100 e. The van der Waals surface area contributed by atoms with Crippen molar-refractivity contribution >= 4 is 11.3 Å². The third kappa shape index (κ3) is 2.89. The van der Waals surface area contributed by atoms with Gasteiger partial charge in [-0.3, -0.25) is 0 Å². The van der Waals surface area contributed by atoms with Crippen molar-refractivity contribution in [2.45, 2.75) is 26.3 Å². The van der Waals surface area contributed by atoms with E-state index < -0.39 is 0 Å². The normalized spacial score (nSPS) is 11.0. The highest BCUT2D eigenvalue weighted by Crippen LogP contribution is 2.20. The van der Waals surface area contributed by atoms with Gasteiger partial charge in [0.15, 0.2) is 0 Å². The lowest BCUT2D eigenvalue weighted by molar-refractivity contribution is 0.773. The summed E-state index contributed by atoms with van der Waals surface area (Å²) in [6.45, 7) is 2.56. The highest BCUT2D eigenvalue weighted by molar-refractivity contribution is 7.09. The highest BCUT2D eigenvalue weighted by Gasteiger charge is 2.14. The maximum absolute atomic E-state index is 5.80. The topological polar surface area (TPSA) is 56.7 Å². The molecule has 0 aliphatic carbocycles. The summed E-state index contributed by atoms with van der Waals surface area (Å²) in [4.78, 5) is 1.29. The fourth-order valence-electron chi connectivity index (χ4n) is 2.33. The van der Waals surface area contributed by atoms with Crippen LogP contribution in [-0.2, 0) is 19.4 Å².